The molecule has 19 heavy (non-hydrogen) atoms. The Morgan fingerprint density at radius 2 is 2.05 bits per heavy atom. The van der Waals surface area contributed by atoms with Crippen molar-refractivity contribution in [2.24, 2.45) is 0 Å². The summed E-state index contributed by atoms with van der Waals surface area (Å²) in [4.78, 5) is 10.3. The van der Waals surface area contributed by atoms with Crippen LogP contribution in [0, 0.1) is 10.1 Å². The maximum absolute atomic E-state index is 10.7. The van der Waals surface area contributed by atoms with Gasteiger partial charge in [-0.2, -0.15) is 11.8 Å². The van der Waals surface area contributed by atoms with Crippen molar-refractivity contribution in [2.45, 2.75) is 31.4 Å². The third-order valence-electron chi connectivity index (χ3n) is 3.49. The Morgan fingerprint density at radius 3 is 2.47 bits per heavy atom. The molecule has 6 heteroatoms. The summed E-state index contributed by atoms with van der Waals surface area (Å²) in [5, 5.41) is 14.1. The maximum atomic E-state index is 10.7. The standard InChI is InChI=1S/C13H19BrN2O2S/c1-4-13(5-2,19-3)9-15-12-7-6-10(16(17)18)8-11(12)14/h6-8,15H,4-5,9H2,1-3H3. The zero-order chi connectivity index (χ0) is 14.5. The molecule has 0 bridgehead atoms. The first kappa shape index (κ1) is 16.3. The first-order valence-corrected chi connectivity index (χ1v) is 8.22. The minimum absolute atomic E-state index is 0.0968. The van der Waals surface area contributed by atoms with Crippen molar-refractivity contribution in [1.82, 2.24) is 0 Å². The summed E-state index contributed by atoms with van der Waals surface area (Å²) >= 11 is 5.24. The summed E-state index contributed by atoms with van der Waals surface area (Å²) in [6.45, 7) is 5.22. The van der Waals surface area contributed by atoms with Gasteiger partial charge in [0, 0.05) is 33.6 Å². The van der Waals surface area contributed by atoms with Crippen LogP contribution in [0.5, 0.6) is 0 Å². The highest BCUT2D eigenvalue weighted by Gasteiger charge is 2.24. The Morgan fingerprint density at radius 1 is 1.42 bits per heavy atom. The van der Waals surface area contributed by atoms with Gasteiger partial charge in [-0.15, -0.1) is 0 Å². The number of nitro benzene ring substituents is 1. The molecule has 0 aliphatic heterocycles. The van der Waals surface area contributed by atoms with Crippen LogP contribution in [0.4, 0.5) is 11.4 Å². The quantitative estimate of drug-likeness (QED) is 0.574. The molecule has 0 saturated carbocycles. The molecule has 0 fully saturated rings. The highest BCUT2D eigenvalue weighted by atomic mass is 79.9. The van der Waals surface area contributed by atoms with E-state index in [0.29, 0.717) is 0 Å². The Balaban J connectivity index is 2.80. The number of hydrogen-bond acceptors (Lipinski definition) is 4. The van der Waals surface area contributed by atoms with E-state index in [1.54, 1.807) is 6.07 Å². The van der Waals surface area contributed by atoms with Crippen molar-refractivity contribution in [3.63, 3.8) is 0 Å². The average molecular weight is 347 g/mol. The fourth-order valence-corrected chi connectivity index (χ4v) is 3.18. The van der Waals surface area contributed by atoms with Crippen LogP contribution < -0.4 is 5.32 Å². The second kappa shape index (κ2) is 7.14. The van der Waals surface area contributed by atoms with E-state index in [9.17, 15) is 10.1 Å². The molecule has 1 aromatic carbocycles. The molecular formula is C13H19BrN2O2S. The van der Waals surface area contributed by atoms with Gasteiger partial charge >= 0.3 is 0 Å². The Kier molecular flexibility index (Phi) is 6.13. The minimum atomic E-state index is -0.390. The van der Waals surface area contributed by atoms with Gasteiger partial charge in [-0.3, -0.25) is 10.1 Å². The smallest absolute Gasteiger partial charge is 0.270 e. The molecule has 0 unspecified atom stereocenters. The van der Waals surface area contributed by atoms with Crippen LogP contribution in [-0.4, -0.2) is 22.5 Å². The molecule has 1 N–H and O–H groups in total. The summed E-state index contributed by atoms with van der Waals surface area (Å²) in [7, 11) is 0. The van der Waals surface area contributed by atoms with Crippen LogP contribution in [0.25, 0.3) is 0 Å². The van der Waals surface area contributed by atoms with Crippen LogP contribution in [0.15, 0.2) is 22.7 Å². The lowest BCUT2D eigenvalue weighted by molar-refractivity contribution is -0.384. The van der Waals surface area contributed by atoms with E-state index in [4.69, 9.17) is 0 Å². The maximum Gasteiger partial charge on any atom is 0.270 e. The van der Waals surface area contributed by atoms with Crippen LogP contribution in [0.3, 0.4) is 0 Å². The summed E-state index contributed by atoms with van der Waals surface area (Å²) in [5.41, 5.74) is 0.991. The van der Waals surface area contributed by atoms with E-state index in [2.05, 4.69) is 41.3 Å². The normalized spacial score (nSPS) is 11.4. The Bertz CT molecular complexity index is 442. The molecule has 0 amide bonds. The number of nitro groups is 1. The molecule has 1 rings (SSSR count). The minimum Gasteiger partial charge on any atom is -0.383 e. The number of halogens is 1. The number of nitrogens with one attached hydrogen (secondary N) is 1. The van der Waals surface area contributed by atoms with Crippen molar-refractivity contribution >= 4 is 39.1 Å². The number of nitrogens with zero attached hydrogens (tertiary/aromatic N) is 1. The third-order valence-corrected chi connectivity index (χ3v) is 5.73. The zero-order valence-electron chi connectivity index (χ0n) is 11.4. The van der Waals surface area contributed by atoms with Crippen LogP contribution in [-0.2, 0) is 0 Å². The molecule has 0 radical (unpaired) electrons. The van der Waals surface area contributed by atoms with Gasteiger partial charge in [0.05, 0.1) is 4.92 Å². The van der Waals surface area contributed by atoms with Gasteiger partial charge in [-0.05, 0) is 41.1 Å². The highest BCUT2D eigenvalue weighted by molar-refractivity contribution is 9.10. The molecule has 0 saturated heterocycles. The van der Waals surface area contributed by atoms with Crippen LogP contribution in [0.2, 0.25) is 0 Å². The van der Waals surface area contributed by atoms with Gasteiger partial charge < -0.3 is 5.32 Å². The van der Waals surface area contributed by atoms with Gasteiger partial charge in [0.25, 0.3) is 5.69 Å². The van der Waals surface area contributed by atoms with Crippen LogP contribution >= 0.6 is 27.7 Å². The van der Waals surface area contributed by atoms with E-state index >= 15 is 0 Å². The summed E-state index contributed by atoms with van der Waals surface area (Å²) in [6.07, 6.45) is 4.30. The molecule has 106 valence electrons. The molecule has 4 nitrogen and oxygen atoms in total. The van der Waals surface area contributed by atoms with E-state index in [-0.39, 0.29) is 10.4 Å². The number of anilines is 1. The zero-order valence-corrected chi connectivity index (χ0v) is 13.8. The van der Waals surface area contributed by atoms with Gasteiger partial charge in [0.1, 0.15) is 0 Å². The van der Waals surface area contributed by atoms with Gasteiger partial charge in [-0.25, -0.2) is 0 Å². The van der Waals surface area contributed by atoms with Gasteiger partial charge in [0.15, 0.2) is 0 Å². The lowest BCUT2D eigenvalue weighted by atomic mass is 10.0. The molecule has 1 aromatic rings. The summed E-state index contributed by atoms with van der Waals surface area (Å²) < 4.78 is 0.935. The van der Waals surface area contributed by atoms with Gasteiger partial charge in [-0.1, -0.05) is 13.8 Å². The first-order chi connectivity index (χ1) is 8.98. The number of rotatable bonds is 7. The highest BCUT2D eigenvalue weighted by Crippen LogP contribution is 2.33. The SMILES string of the molecule is CCC(CC)(CNc1ccc([N+](=O)[O-])cc1Br)SC. The van der Waals surface area contributed by atoms with Crippen molar-refractivity contribution in [1.29, 1.82) is 0 Å². The molecule has 0 spiro atoms. The van der Waals surface area contributed by atoms with E-state index in [1.165, 1.54) is 12.1 Å². The fourth-order valence-electron chi connectivity index (χ4n) is 1.88. The number of benzene rings is 1. The lowest BCUT2D eigenvalue weighted by Crippen LogP contribution is -2.32. The summed E-state index contributed by atoms with van der Waals surface area (Å²) in [5.74, 6) is 0. The predicted molar refractivity (Wildman–Crippen MR) is 86.1 cm³/mol. The monoisotopic (exact) mass is 346 g/mol. The average Bonchev–Trinajstić information content (AvgIpc) is 2.42. The number of hydrogen-bond donors (Lipinski definition) is 1. The topological polar surface area (TPSA) is 55.2 Å². The third kappa shape index (κ3) is 4.11. The van der Waals surface area contributed by atoms with Gasteiger partial charge in [0.2, 0.25) is 0 Å². The molecule has 0 aromatic heterocycles. The number of non-ortho nitro benzene ring substituents is 1. The van der Waals surface area contributed by atoms with Crippen molar-refractivity contribution in [3.05, 3.63) is 32.8 Å². The predicted octanol–water partition coefficient (Wildman–Crippen LogP) is 4.69. The lowest BCUT2D eigenvalue weighted by Gasteiger charge is -2.30. The van der Waals surface area contributed by atoms with E-state index < -0.39 is 4.92 Å². The molecule has 0 aliphatic carbocycles. The number of thioether (sulfide) groups is 1. The van der Waals surface area contributed by atoms with E-state index in [1.807, 2.05) is 11.8 Å². The molecule has 0 heterocycles. The Labute approximate surface area is 126 Å². The van der Waals surface area contributed by atoms with Crippen LogP contribution in [0.1, 0.15) is 26.7 Å². The Hall–Kier alpha value is -0.750. The second-order valence-electron chi connectivity index (χ2n) is 4.37. The first-order valence-electron chi connectivity index (χ1n) is 6.21. The largest absolute Gasteiger partial charge is 0.383 e. The van der Waals surface area contributed by atoms with Crippen molar-refractivity contribution < 1.29 is 4.92 Å². The second-order valence-corrected chi connectivity index (χ2v) is 6.50. The fraction of sp³-hybridized carbons (Fsp3) is 0.538. The molecule has 0 atom stereocenters. The summed E-state index contributed by atoms with van der Waals surface area (Å²) in [6, 6.07) is 4.80. The van der Waals surface area contributed by atoms with Crippen molar-refractivity contribution in [2.75, 3.05) is 18.1 Å². The molecular weight excluding hydrogens is 328 g/mol. The van der Waals surface area contributed by atoms with E-state index in [0.717, 1.165) is 29.5 Å². The molecule has 0 aliphatic rings. The van der Waals surface area contributed by atoms with Crippen molar-refractivity contribution in [3.8, 4) is 0 Å².